The molecule has 3 fully saturated rings. The minimum Gasteiger partial charge on any atom is -0.380 e. The number of amides is 3. The molecule has 5 aromatic rings. The lowest BCUT2D eigenvalue weighted by Crippen LogP contribution is -2.47. The molecule has 1 aromatic heterocycles. The number of imide groups is 1. The lowest BCUT2D eigenvalue weighted by Gasteiger charge is -2.39. The van der Waals surface area contributed by atoms with Gasteiger partial charge in [-0.25, -0.2) is 25.9 Å². The number of hydrogen-bond donors (Lipinski definition) is 4. The van der Waals surface area contributed by atoms with Crippen molar-refractivity contribution >= 4 is 83.7 Å². The van der Waals surface area contributed by atoms with E-state index in [1.54, 1.807) is 12.1 Å². The molecule has 3 amide bonds. The number of halogens is 5. The average molecular weight is 1210 g/mol. The van der Waals surface area contributed by atoms with Gasteiger partial charge in [0.15, 0.2) is 11.6 Å². The molecule has 3 saturated heterocycles. The summed E-state index contributed by atoms with van der Waals surface area (Å²) < 4.78 is 115. The van der Waals surface area contributed by atoms with Crippen molar-refractivity contribution in [3.05, 3.63) is 136 Å². The van der Waals surface area contributed by atoms with Crippen LogP contribution in [0.3, 0.4) is 0 Å². The van der Waals surface area contributed by atoms with Crippen LogP contribution in [0.1, 0.15) is 74.0 Å². The Balaban J connectivity index is 0.823. The van der Waals surface area contributed by atoms with Gasteiger partial charge in [0.25, 0.3) is 25.8 Å². The van der Waals surface area contributed by atoms with E-state index >= 15 is 4.39 Å². The number of allylic oxidation sites excluding steroid dienone is 1. The third kappa shape index (κ3) is 15.3. The highest BCUT2D eigenvalue weighted by Gasteiger charge is 2.48. The topological polar surface area (TPSA) is 206 Å². The Morgan fingerprint density at radius 1 is 0.829 bits per heavy atom. The van der Waals surface area contributed by atoms with Gasteiger partial charge in [0.05, 0.1) is 16.3 Å². The summed E-state index contributed by atoms with van der Waals surface area (Å²) in [5, 5.41) is 16.7. The van der Waals surface area contributed by atoms with Crippen molar-refractivity contribution in [2.24, 2.45) is 5.41 Å². The zero-order chi connectivity index (χ0) is 58.4. The molecule has 1 unspecified atom stereocenters. The molecule has 82 heavy (non-hydrogen) atoms. The first-order valence-corrected chi connectivity index (χ1v) is 31.4. The van der Waals surface area contributed by atoms with Gasteiger partial charge >= 0.3 is 5.51 Å². The second kappa shape index (κ2) is 25.8. The van der Waals surface area contributed by atoms with E-state index in [9.17, 15) is 44.4 Å². The fourth-order valence-corrected chi connectivity index (χ4v) is 13.8. The number of alkyl halides is 3. The van der Waals surface area contributed by atoms with Gasteiger partial charge in [0.2, 0.25) is 11.8 Å². The van der Waals surface area contributed by atoms with E-state index in [1.807, 2.05) is 47.2 Å². The molecule has 2 atom stereocenters. The molecule has 0 saturated carbocycles. The summed E-state index contributed by atoms with van der Waals surface area (Å²) in [4.78, 5) is 44.6. The maximum Gasteiger partial charge on any atom is 0.501 e. The van der Waals surface area contributed by atoms with Gasteiger partial charge < -0.3 is 20.4 Å². The highest BCUT2D eigenvalue weighted by Crippen LogP contribution is 2.43. The van der Waals surface area contributed by atoms with E-state index in [2.05, 4.69) is 71.7 Å². The normalized spacial score (nSPS) is 19.2. The smallest absolute Gasteiger partial charge is 0.380 e. The zero-order valence-corrected chi connectivity index (χ0v) is 48.6. The van der Waals surface area contributed by atoms with Crippen molar-refractivity contribution < 1.29 is 48.8 Å². The van der Waals surface area contributed by atoms with Crippen molar-refractivity contribution in [1.82, 2.24) is 34.9 Å². The maximum atomic E-state index is 15.1. The van der Waals surface area contributed by atoms with Gasteiger partial charge in [-0.1, -0.05) is 61.4 Å². The lowest BCUT2D eigenvalue weighted by atomic mass is 9.73. The van der Waals surface area contributed by atoms with Crippen molar-refractivity contribution in [3.8, 4) is 0 Å². The van der Waals surface area contributed by atoms with Gasteiger partial charge in [0, 0.05) is 117 Å². The van der Waals surface area contributed by atoms with Crippen LogP contribution in [-0.2, 0) is 36.0 Å². The number of aromatic nitrogens is 2. The van der Waals surface area contributed by atoms with Crippen molar-refractivity contribution in [1.29, 1.82) is 0 Å². The van der Waals surface area contributed by atoms with Crippen LogP contribution in [0.2, 0.25) is 5.02 Å². The number of sulfonamides is 1. The van der Waals surface area contributed by atoms with Gasteiger partial charge in [-0.15, -0.1) is 16.9 Å². The molecule has 1 aliphatic carbocycles. The summed E-state index contributed by atoms with van der Waals surface area (Å²) in [6.07, 6.45) is 3.73. The Labute approximate surface area is 484 Å². The third-order valence-corrected chi connectivity index (χ3v) is 19.6. The van der Waals surface area contributed by atoms with Crippen LogP contribution in [0.15, 0.2) is 123 Å². The van der Waals surface area contributed by atoms with E-state index < -0.39 is 76.5 Å². The highest BCUT2D eigenvalue weighted by atomic mass is 35.5. The molecule has 4 heterocycles. The fourth-order valence-electron chi connectivity index (χ4n) is 10.6. The molecule has 4 N–H and O–H groups in total. The van der Waals surface area contributed by atoms with E-state index in [0.717, 1.165) is 61.6 Å². The monoisotopic (exact) mass is 1210 g/mol. The van der Waals surface area contributed by atoms with Crippen LogP contribution in [0.25, 0.3) is 5.57 Å². The number of piperidine rings is 1. The second-order valence-corrected chi connectivity index (χ2v) is 27.0. The Morgan fingerprint density at radius 3 is 2.17 bits per heavy atom. The largest absolute Gasteiger partial charge is 0.501 e. The quantitative estimate of drug-likeness (QED) is 0.0328. The van der Waals surface area contributed by atoms with Gasteiger partial charge in [-0.3, -0.25) is 29.5 Å². The number of nitrogens with zero attached hydrogens (tertiary/aromatic N) is 6. The van der Waals surface area contributed by atoms with E-state index in [0.29, 0.717) is 69.0 Å². The highest BCUT2D eigenvalue weighted by molar-refractivity contribution is 7.99. The molecular weight excluding hydrogens is 1140 g/mol. The van der Waals surface area contributed by atoms with Crippen LogP contribution >= 0.6 is 23.4 Å². The molecular formula is C57H65ClF4N10O7S3. The van der Waals surface area contributed by atoms with Gasteiger partial charge in [-0.2, -0.15) is 18.3 Å². The van der Waals surface area contributed by atoms with Crippen LogP contribution in [0.5, 0.6) is 0 Å². The number of hydrogen-bond acceptors (Lipinski definition) is 16. The van der Waals surface area contributed by atoms with Gasteiger partial charge in [0.1, 0.15) is 10.9 Å². The van der Waals surface area contributed by atoms with Crippen LogP contribution < -0.4 is 25.6 Å². The number of thioether (sulfide) groups is 1. The Kier molecular flexibility index (Phi) is 19.0. The Hall–Kier alpha value is -6.15. The van der Waals surface area contributed by atoms with E-state index in [4.69, 9.17) is 11.6 Å². The molecule has 0 bridgehead atoms. The Morgan fingerprint density at radius 2 is 1.50 bits per heavy atom. The number of carbonyl (C=O) groups is 3. The summed E-state index contributed by atoms with van der Waals surface area (Å²) in [6.45, 7) is 11.4. The molecule has 17 nitrogen and oxygen atoms in total. The minimum absolute atomic E-state index is 0.0355. The van der Waals surface area contributed by atoms with E-state index in [-0.39, 0.29) is 41.9 Å². The number of sulfone groups is 1. The number of carbonyl (C=O) groups excluding carboxylic acids is 3. The molecule has 3 aliphatic heterocycles. The predicted molar refractivity (Wildman–Crippen MR) is 308 cm³/mol. The van der Waals surface area contributed by atoms with Crippen molar-refractivity contribution in [2.75, 3.05) is 86.7 Å². The van der Waals surface area contributed by atoms with Crippen LogP contribution in [0.4, 0.5) is 34.8 Å². The molecule has 438 valence electrons. The van der Waals surface area contributed by atoms with E-state index in [1.165, 1.54) is 46.7 Å². The fraction of sp³-hybridized carbons (Fsp3) is 0.421. The molecule has 4 aliphatic rings. The molecule has 4 aromatic carbocycles. The van der Waals surface area contributed by atoms with Crippen LogP contribution in [-0.4, -0.2) is 148 Å². The number of rotatable bonds is 20. The first-order valence-electron chi connectivity index (χ1n) is 27.1. The average Bonchev–Trinajstić information content (AvgIpc) is 3.19. The summed E-state index contributed by atoms with van der Waals surface area (Å²) in [7, 11) is -11.1. The Bertz CT molecular complexity index is 3380. The standard InChI is InChI=1S/C57H65ClF4N10O7S3/c1-56(2)22-20-47(38-8-12-41(58)13-9-38)40(34-56)35-70-28-30-72(31-29-70)44-14-10-39(11-15-44)54(74)68-82(78,79)46-16-17-49(51(33-46)81(76,77)57(60,61)62)63-42(37-80-45-6-4-3-5-7-45)21-23-69-24-26-71(27-25-69)36-43-32-48(59)53(67-66-43)64-50-18-19-52(73)65-55(50)75/h3-17,32-33,42,50,63H,18-31,34-37H2,1-2H3,(H,64,67)(H,68,74)(H,65,73,75)/t42-,50?/m1/s1. The minimum atomic E-state index is -6.15. The maximum absolute atomic E-state index is 15.1. The van der Waals surface area contributed by atoms with Gasteiger partial charge in [-0.05, 0) is 115 Å². The van der Waals surface area contributed by atoms with Crippen molar-refractivity contribution in [2.45, 2.75) is 91.2 Å². The third-order valence-electron chi connectivity index (χ3n) is 15.3. The summed E-state index contributed by atoms with van der Waals surface area (Å²) in [5.74, 6) is -2.66. The molecule has 25 heteroatoms. The molecule has 0 spiro atoms. The first kappa shape index (κ1) is 60.4. The second-order valence-electron chi connectivity index (χ2n) is 21.8. The molecule has 0 radical (unpaired) electrons. The summed E-state index contributed by atoms with van der Waals surface area (Å²) in [6, 6.07) is 25.7. The summed E-state index contributed by atoms with van der Waals surface area (Å²) in [5.41, 5.74) is -0.927. The predicted octanol–water partition coefficient (Wildman–Crippen LogP) is 8.47. The number of nitrogens with one attached hydrogen (secondary N) is 4. The number of benzene rings is 4. The molecule has 9 rings (SSSR count). The van der Waals surface area contributed by atoms with Crippen molar-refractivity contribution in [3.63, 3.8) is 0 Å². The number of anilines is 3. The SMILES string of the molecule is CC1(C)CCC(c2ccc(Cl)cc2)=C(CN2CCN(c3ccc(C(=O)NS(=O)(=O)c4ccc(N[C@H](CCN5CCN(Cc6cc(F)c(NC7CCC(=O)NC7=O)nn6)CC5)CSc5ccccc5)c(S(=O)(=O)C(F)(F)F)c4)cc3)CC2)C1. The van der Waals surface area contributed by atoms with Crippen LogP contribution in [0, 0.1) is 11.2 Å². The lowest BCUT2D eigenvalue weighted by molar-refractivity contribution is -0.133. The number of piperazine rings is 2. The summed E-state index contributed by atoms with van der Waals surface area (Å²) >= 11 is 7.60. The first-order chi connectivity index (χ1) is 39.0. The zero-order valence-electron chi connectivity index (χ0n) is 45.4.